The molecule has 0 saturated carbocycles. The zero-order valence-corrected chi connectivity index (χ0v) is 14.1. The summed E-state index contributed by atoms with van der Waals surface area (Å²) in [6.45, 7) is 7.11. The molecule has 0 heterocycles. The maximum absolute atomic E-state index is 12.0. The van der Waals surface area contributed by atoms with E-state index in [4.69, 9.17) is 0 Å². The number of hydrogen-bond acceptors (Lipinski definition) is 3. The van der Waals surface area contributed by atoms with Gasteiger partial charge < -0.3 is 5.11 Å². The zero-order chi connectivity index (χ0) is 15.7. The Hall–Kier alpha value is -1.00. The van der Waals surface area contributed by atoms with Crippen molar-refractivity contribution in [3.8, 4) is 0 Å². The van der Waals surface area contributed by atoms with Gasteiger partial charge in [-0.15, -0.1) is 0 Å². The molecule has 2 N–H and O–H groups in total. The molecule has 118 valence electrons. The van der Waals surface area contributed by atoms with Gasteiger partial charge in [0.25, 0.3) is 0 Å². The molecule has 1 aromatic carbocycles. The lowest BCUT2D eigenvalue weighted by Crippen LogP contribution is -2.50. The van der Waals surface area contributed by atoms with Gasteiger partial charge in [0.2, 0.25) is 0 Å². The highest BCUT2D eigenvalue weighted by Gasteiger charge is 2.39. The molecule has 1 rings (SSSR count). The number of nitrogens with one attached hydrogen (secondary N) is 1. The average molecular weight is 309 g/mol. The van der Waals surface area contributed by atoms with E-state index >= 15 is 0 Å². The topological polar surface area (TPSA) is 49.3 Å². The molecule has 2 unspecified atom stereocenters. The first kappa shape index (κ1) is 18.1. The smallest absolute Gasteiger partial charge is 0.328 e. The first-order chi connectivity index (χ1) is 10.1. The molecule has 4 heteroatoms. The van der Waals surface area contributed by atoms with E-state index in [2.05, 4.69) is 26.1 Å². The van der Waals surface area contributed by atoms with Crippen LogP contribution in [0.4, 0.5) is 0 Å². The minimum absolute atomic E-state index is 0.568. The molecule has 0 fully saturated rings. The van der Waals surface area contributed by atoms with E-state index < -0.39 is 11.5 Å². The highest BCUT2D eigenvalue weighted by Crippen LogP contribution is 2.29. The maximum atomic E-state index is 12.0. The Morgan fingerprint density at radius 3 is 2.52 bits per heavy atom. The Morgan fingerprint density at radius 1 is 1.33 bits per heavy atom. The van der Waals surface area contributed by atoms with E-state index in [0.29, 0.717) is 18.2 Å². The van der Waals surface area contributed by atoms with Crippen molar-refractivity contribution < 1.29 is 9.90 Å². The molecule has 0 aliphatic carbocycles. The first-order valence-corrected chi connectivity index (χ1v) is 8.77. The van der Waals surface area contributed by atoms with Gasteiger partial charge in [-0.25, -0.2) is 4.79 Å². The zero-order valence-electron chi connectivity index (χ0n) is 13.3. The number of carboxylic acids is 1. The summed E-state index contributed by atoms with van der Waals surface area (Å²) in [4.78, 5) is 12.0. The van der Waals surface area contributed by atoms with Gasteiger partial charge in [0.05, 0.1) is 0 Å². The monoisotopic (exact) mass is 309 g/mol. The van der Waals surface area contributed by atoms with E-state index in [1.54, 1.807) is 0 Å². The Kier molecular flexibility index (Phi) is 7.83. The number of benzene rings is 1. The Morgan fingerprint density at radius 2 is 2.00 bits per heavy atom. The molecule has 0 aromatic heterocycles. The van der Waals surface area contributed by atoms with Gasteiger partial charge in [-0.05, 0) is 37.1 Å². The standard InChI is InChI=1S/C17H27NO2S/c1-4-12-18-17(16(19)20,11-13-21-14(3)5-2)15-9-7-6-8-10-15/h6-10,14,18H,4-5,11-13H2,1-3H3,(H,19,20). The lowest BCUT2D eigenvalue weighted by atomic mass is 9.87. The van der Waals surface area contributed by atoms with Gasteiger partial charge >= 0.3 is 5.97 Å². The molecule has 0 aliphatic rings. The van der Waals surface area contributed by atoms with Crippen LogP contribution >= 0.6 is 11.8 Å². The van der Waals surface area contributed by atoms with Crippen LogP contribution in [0.5, 0.6) is 0 Å². The van der Waals surface area contributed by atoms with E-state index in [-0.39, 0.29) is 0 Å². The number of rotatable bonds is 10. The largest absolute Gasteiger partial charge is 0.480 e. The molecular weight excluding hydrogens is 282 g/mol. The second-order valence-electron chi connectivity index (χ2n) is 5.34. The van der Waals surface area contributed by atoms with Crippen molar-refractivity contribution in [1.29, 1.82) is 0 Å². The van der Waals surface area contributed by atoms with E-state index in [0.717, 1.165) is 24.2 Å². The summed E-state index contributed by atoms with van der Waals surface area (Å²) in [5.41, 5.74) is -0.131. The van der Waals surface area contributed by atoms with Crippen molar-refractivity contribution in [3.05, 3.63) is 35.9 Å². The van der Waals surface area contributed by atoms with Crippen LogP contribution in [0.15, 0.2) is 30.3 Å². The van der Waals surface area contributed by atoms with Crippen molar-refractivity contribution in [3.63, 3.8) is 0 Å². The molecule has 0 bridgehead atoms. The SMILES string of the molecule is CCCNC(CCSC(C)CC)(C(=O)O)c1ccccc1. The third kappa shape index (κ3) is 5.04. The number of aliphatic carboxylic acids is 1. The summed E-state index contributed by atoms with van der Waals surface area (Å²) in [6.07, 6.45) is 2.63. The molecule has 0 radical (unpaired) electrons. The number of thioether (sulfide) groups is 1. The van der Waals surface area contributed by atoms with E-state index in [1.807, 2.05) is 42.1 Å². The number of carbonyl (C=O) groups is 1. The second kappa shape index (κ2) is 9.11. The summed E-state index contributed by atoms with van der Waals surface area (Å²) < 4.78 is 0. The molecule has 2 atom stereocenters. The van der Waals surface area contributed by atoms with Crippen LogP contribution < -0.4 is 5.32 Å². The van der Waals surface area contributed by atoms with Crippen LogP contribution in [-0.2, 0) is 10.3 Å². The third-order valence-corrected chi connectivity index (χ3v) is 5.10. The van der Waals surface area contributed by atoms with Crippen LogP contribution in [0.3, 0.4) is 0 Å². The molecule has 21 heavy (non-hydrogen) atoms. The van der Waals surface area contributed by atoms with Gasteiger partial charge in [0.15, 0.2) is 0 Å². The molecule has 3 nitrogen and oxygen atoms in total. The van der Waals surface area contributed by atoms with Gasteiger partial charge in [-0.1, -0.05) is 51.1 Å². The Balaban J connectivity index is 2.93. The van der Waals surface area contributed by atoms with Crippen molar-refractivity contribution in [1.82, 2.24) is 5.32 Å². The summed E-state index contributed by atoms with van der Waals surface area (Å²) >= 11 is 1.85. The van der Waals surface area contributed by atoms with Gasteiger partial charge in [0, 0.05) is 5.25 Å². The minimum Gasteiger partial charge on any atom is -0.480 e. The summed E-state index contributed by atoms with van der Waals surface area (Å²) in [5, 5.41) is 13.7. The van der Waals surface area contributed by atoms with Gasteiger partial charge in [-0.3, -0.25) is 5.32 Å². The third-order valence-electron chi connectivity index (χ3n) is 3.76. The molecule has 0 aliphatic heterocycles. The van der Waals surface area contributed by atoms with Crippen molar-refractivity contribution in [2.45, 2.75) is 50.8 Å². The molecule has 0 spiro atoms. The fourth-order valence-electron chi connectivity index (χ4n) is 2.23. The van der Waals surface area contributed by atoms with Crippen LogP contribution in [0, 0.1) is 0 Å². The normalized spacial score (nSPS) is 15.4. The van der Waals surface area contributed by atoms with Crippen LogP contribution in [0.2, 0.25) is 0 Å². The second-order valence-corrected chi connectivity index (χ2v) is 6.89. The molecule has 0 amide bonds. The summed E-state index contributed by atoms with van der Waals surface area (Å²) in [5.74, 6) is 0.0549. The van der Waals surface area contributed by atoms with Gasteiger partial charge in [-0.2, -0.15) is 11.8 Å². The molecule has 0 saturated heterocycles. The van der Waals surface area contributed by atoms with Crippen LogP contribution in [0.25, 0.3) is 0 Å². The molecular formula is C17H27NO2S. The number of carboxylic acid groups (broad SMARTS) is 1. The van der Waals surface area contributed by atoms with Crippen LogP contribution in [0.1, 0.15) is 45.6 Å². The van der Waals surface area contributed by atoms with Crippen LogP contribution in [-0.4, -0.2) is 28.6 Å². The lowest BCUT2D eigenvalue weighted by Gasteiger charge is -2.31. The Bertz CT molecular complexity index is 424. The highest BCUT2D eigenvalue weighted by atomic mass is 32.2. The molecule has 1 aromatic rings. The van der Waals surface area contributed by atoms with Crippen molar-refractivity contribution >= 4 is 17.7 Å². The lowest BCUT2D eigenvalue weighted by molar-refractivity contribution is -0.145. The number of hydrogen-bond donors (Lipinski definition) is 2. The maximum Gasteiger partial charge on any atom is 0.328 e. The highest BCUT2D eigenvalue weighted by molar-refractivity contribution is 7.99. The van der Waals surface area contributed by atoms with Crippen molar-refractivity contribution in [2.24, 2.45) is 0 Å². The first-order valence-electron chi connectivity index (χ1n) is 7.72. The minimum atomic E-state index is -0.974. The van der Waals surface area contributed by atoms with E-state index in [9.17, 15) is 9.90 Å². The fourth-order valence-corrected chi connectivity index (χ4v) is 3.30. The Labute approximate surface area is 132 Å². The summed E-state index contributed by atoms with van der Waals surface area (Å²) in [7, 11) is 0. The van der Waals surface area contributed by atoms with Crippen molar-refractivity contribution in [2.75, 3.05) is 12.3 Å². The van der Waals surface area contributed by atoms with Gasteiger partial charge in [0.1, 0.15) is 5.54 Å². The predicted octanol–water partition coefficient (Wildman–Crippen LogP) is 3.89. The van der Waals surface area contributed by atoms with E-state index in [1.165, 1.54) is 0 Å². The predicted molar refractivity (Wildman–Crippen MR) is 90.9 cm³/mol. The quantitative estimate of drug-likeness (QED) is 0.688. The summed E-state index contributed by atoms with van der Waals surface area (Å²) in [6, 6.07) is 9.55. The average Bonchev–Trinajstić information content (AvgIpc) is 2.51. The fraction of sp³-hybridized carbons (Fsp3) is 0.588.